The van der Waals surface area contributed by atoms with Crippen LogP contribution >= 0.6 is 0 Å². The van der Waals surface area contributed by atoms with Gasteiger partial charge in [0.15, 0.2) is 0 Å². The number of aliphatic hydroxyl groups is 1. The fraction of sp³-hybridized carbons (Fsp3) is 0.600. The zero-order valence-corrected chi connectivity index (χ0v) is 14.4. The number of aliphatic hydroxyl groups excluding tert-OH is 1. The van der Waals surface area contributed by atoms with E-state index in [4.69, 9.17) is 0 Å². The minimum absolute atomic E-state index is 0.0667. The number of hydrogen-bond donors (Lipinski definition) is 1. The number of hydrogen-bond acceptors (Lipinski definition) is 3. The van der Waals surface area contributed by atoms with Crippen LogP contribution in [0.1, 0.15) is 55.3 Å². The molecule has 3 rings (SSSR count). The molecule has 1 N–H and O–H groups in total. The SMILES string of the molecule is C=CC(=O)N(Cc1nccc2c1CCCC2)C[C@@H]1CCCC[C@H]1O. The smallest absolute Gasteiger partial charge is 0.246 e. The third kappa shape index (κ3) is 3.86. The molecule has 4 heteroatoms. The monoisotopic (exact) mass is 328 g/mol. The van der Waals surface area contributed by atoms with Crippen molar-refractivity contribution in [2.24, 2.45) is 5.92 Å². The lowest BCUT2D eigenvalue weighted by Crippen LogP contribution is -2.39. The summed E-state index contributed by atoms with van der Waals surface area (Å²) in [5, 5.41) is 10.3. The Labute approximate surface area is 144 Å². The van der Waals surface area contributed by atoms with E-state index in [-0.39, 0.29) is 17.9 Å². The van der Waals surface area contributed by atoms with Gasteiger partial charge < -0.3 is 10.0 Å². The normalized spacial score (nSPS) is 23.4. The van der Waals surface area contributed by atoms with Crippen molar-refractivity contribution in [3.05, 3.63) is 41.7 Å². The molecule has 0 bridgehead atoms. The van der Waals surface area contributed by atoms with Crippen molar-refractivity contribution >= 4 is 5.91 Å². The maximum Gasteiger partial charge on any atom is 0.246 e. The van der Waals surface area contributed by atoms with Gasteiger partial charge in [0, 0.05) is 18.7 Å². The van der Waals surface area contributed by atoms with E-state index >= 15 is 0 Å². The van der Waals surface area contributed by atoms with E-state index in [1.54, 1.807) is 0 Å². The predicted molar refractivity (Wildman–Crippen MR) is 94.5 cm³/mol. The van der Waals surface area contributed by atoms with Crippen molar-refractivity contribution in [3.63, 3.8) is 0 Å². The molecule has 2 aliphatic rings. The molecule has 1 fully saturated rings. The molecule has 1 saturated carbocycles. The summed E-state index contributed by atoms with van der Waals surface area (Å²) in [6.07, 6.45) is 11.6. The number of aromatic nitrogens is 1. The molecule has 0 aromatic carbocycles. The Morgan fingerprint density at radius 1 is 1.29 bits per heavy atom. The summed E-state index contributed by atoms with van der Waals surface area (Å²) in [4.78, 5) is 18.8. The van der Waals surface area contributed by atoms with E-state index < -0.39 is 0 Å². The zero-order chi connectivity index (χ0) is 16.9. The van der Waals surface area contributed by atoms with Crippen LogP contribution in [0.25, 0.3) is 0 Å². The number of rotatable bonds is 5. The number of aryl methyl sites for hydroxylation is 1. The maximum atomic E-state index is 12.4. The predicted octanol–water partition coefficient (Wildman–Crippen LogP) is 3.03. The molecule has 2 atom stereocenters. The largest absolute Gasteiger partial charge is 0.393 e. The average Bonchev–Trinajstić information content (AvgIpc) is 2.62. The highest BCUT2D eigenvalue weighted by Gasteiger charge is 2.27. The van der Waals surface area contributed by atoms with Gasteiger partial charge in [0.2, 0.25) is 5.91 Å². The van der Waals surface area contributed by atoms with Gasteiger partial charge in [0.05, 0.1) is 18.3 Å². The lowest BCUT2D eigenvalue weighted by molar-refractivity contribution is -0.128. The molecule has 1 amide bonds. The van der Waals surface area contributed by atoms with Gasteiger partial charge in [0.25, 0.3) is 0 Å². The summed E-state index contributed by atoms with van der Waals surface area (Å²) in [7, 11) is 0. The number of nitrogens with zero attached hydrogens (tertiary/aromatic N) is 2. The second-order valence-corrected chi connectivity index (χ2v) is 7.14. The van der Waals surface area contributed by atoms with Crippen LogP contribution < -0.4 is 0 Å². The fourth-order valence-electron chi connectivity index (χ4n) is 4.10. The molecule has 0 saturated heterocycles. The molecule has 2 aliphatic carbocycles. The molecule has 0 radical (unpaired) electrons. The van der Waals surface area contributed by atoms with Gasteiger partial charge in [-0.25, -0.2) is 0 Å². The molecule has 1 aromatic heterocycles. The summed E-state index contributed by atoms with van der Waals surface area (Å²) in [5.74, 6) is 0.102. The first-order valence-corrected chi connectivity index (χ1v) is 9.24. The van der Waals surface area contributed by atoms with E-state index in [0.29, 0.717) is 13.1 Å². The zero-order valence-electron chi connectivity index (χ0n) is 14.4. The Morgan fingerprint density at radius 2 is 2.08 bits per heavy atom. The van der Waals surface area contributed by atoms with Crippen LogP contribution in [0.5, 0.6) is 0 Å². The van der Waals surface area contributed by atoms with Crippen molar-refractivity contribution in [2.45, 2.75) is 64.0 Å². The highest BCUT2D eigenvalue weighted by molar-refractivity contribution is 5.87. The molecule has 0 spiro atoms. The average molecular weight is 328 g/mol. The quantitative estimate of drug-likeness (QED) is 0.845. The third-order valence-electron chi connectivity index (χ3n) is 5.52. The Morgan fingerprint density at radius 3 is 2.88 bits per heavy atom. The molecule has 0 aliphatic heterocycles. The number of amides is 1. The Kier molecular flexibility index (Phi) is 5.67. The second kappa shape index (κ2) is 7.93. The molecular weight excluding hydrogens is 300 g/mol. The van der Waals surface area contributed by atoms with E-state index in [0.717, 1.165) is 44.2 Å². The van der Waals surface area contributed by atoms with Gasteiger partial charge in [-0.05, 0) is 61.8 Å². The number of carbonyl (C=O) groups excluding carboxylic acids is 1. The standard InChI is InChI=1S/C20H28N2O2/c1-2-20(24)22(13-16-8-4-6-10-19(16)23)14-18-17-9-5-3-7-15(17)11-12-21-18/h2,11-12,16,19,23H,1,3-10,13-14H2/t16-,19+/m0/s1. The van der Waals surface area contributed by atoms with E-state index in [2.05, 4.69) is 17.6 Å². The van der Waals surface area contributed by atoms with Crippen LogP contribution in [0.4, 0.5) is 0 Å². The topological polar surface area (TPSA) is 53.4 Å². The minimum Gasteiger partial charge on any atom is -0.393 e. The van der Waals surface area contributed by atoms with Gasteiger partial charge in [0.1, 0.15) is 0 Å². The Balaban J connectivity index is 1.77. The number of pyridine rings is 1. The summed E-state index contributed by atoms with van der Waals surface area (Å²) < 4.78 is 0. The van der Waals surface area contributed by atoms with Crippen molar-refractivity contribution < 1.29 is 9.90 Å². The molecule has 4 nitrogen and oxygen atoms in total. The van der Waals surface area contributed by atoms with Crippen LogP contribution in [0.3, 0.4) is 0 Å². The van der Waals surface area contributed by atoms with Crippen LogP contribution in [-0.4, -0.2) is 33.5 Å². The summed E-state index contributed by atoms with van der Waals surface area (Å²) >= 11 is 0. The van der Waals surface area contributed by atoms with E-state index in [1.165, 1.54) is 30.0 Å². The molecule has 1 heterocycles. The molecule has 24 heavy (non-hydrogen) atoms. The Bertz CT molecular complexity index is 599. The second-order valence-electron chi connectivity index (χ2n) is 7.14. The number of carbonyl (C=O) groups is 1. The van der Waals surface area contributed by atoms with Crippen molar-refractivity contribution in [1.82, 2.24) is 9.88 Å². The van der Waals surface area contributed by atoms with Crippen LogP contribution in [-0.2, 0) is 24.2 Å². The first kappa shape index (κ1) is 17.2. The summed E-state index contributed by atoms with van der Waals surface area (Å²) in [6, 6.07) is 2.11. The summed E-state index contributed by atoms with van der Waals surface area (Å²) in [5.41, 5.74) is 3.73. The third-order valence-corrected chi connectivity index (χ3v) is 5.52. The summed E-state index contributed by atoms with van der Waals surface area (Å²) in [6.45, 7) is 4.77. The minimum atomic E-state index is -0.295. The molecule has 130 valence electrons. The molecule has 0 unspecified atom stereocenters. The van der Waals surface area contributed by atoms with E-state index in [9.17, 15) is 9.90 Å². The van der Waals surface area contributed by atoms with Crippen LogP contribution in [0.2, 0.25) is 0 Å². The van der Waals surface area contributed by atoms with Gasteiger partial charge in [-0.3, -0.25) is 9.78 Å². The van der Waals surface area contributed by atoms with Crippen molar-refractivity contribution in [3.8, 4) is 0 Å². The van der Waals surface area contributed by atoms with Crippen molar-refractivity contribution in [2.75, 3.05) is 6.54 Å². The number of fused-ring (bicyclic) bond motifs is 1. The molecule has 1 aromatic rings. The van der Waals surface area contributed by atoms with E-state index in [1.807, 2.05) is 11.1 Å². The maximum absolute atomic E-state index is 12.4. The van der Waals surface area contributed by atoms with Gasteiger partial charge in [-0.1, -0.05) is 19.4 Å². The Hall–Kier alpha value is -1.68. The van der Waals surface area contributed by atoms with Gasteiger partial charge in [-0.15, -0.1) is 0 Å². The first-order chi connectivity index (χ1) is 11.7. The highest BCUT2D eigenvalue weighted by Crippen LogP contribution is 2.27. The highest BCUT2D eigenvalue weighted by atomic mass is 16.3. The van der Waals surface area contributed by atoms with Crippen molar-refractivity contribution in [1.29, 1.82) is 0 Å². The lowest BCUT2D eigenvalue weighted by Gasteiger charge is -2.33. The lowest BCUT2D eigenvalue weighted by atomic mass is 9.86. The fourth-order valence-corrected chi connectivity index (χ4v) is 4.10. The van der Waals surface area contributed by atoms with Crippen LogP contribution in [0, 0.1) is 5.92 Å². The molecular formula is C20H28N2O2. The van der Waals surface area contributed by atoms with Crippen LogP contribution in [0.15, 0.2) is 24.9 Å². The van der Waals surface area contributed by atoms with Gasteiger partial charge in [-0.2, -0.15) is 0 Å². The van der Waals surface area contributed by atoms with Gasteiger partial charge >= 0.3 is 0 Å². The first-order valence-electron chi connectivity index (χ1n) is 9.24.